The number of aromatic nitrogens is 2. The van der Waals surface area contributed by atoms with Crippen LogP contribution in [0.2, 0.25) is 0 Å². The Morgan fingerprint density at radius 3 is 2.56 bits per heavy atom. The van der Waals surface area contributed by atoms with Gasteiger partial charge in [0.1, 0.15) is 18.2 Å². The number of non-ortho nitro benzene ring substituents is 1. The Bertz CT molecular complexity index is 1010. The molecule has 0 bridgehead atoms. The van der Waals surface area contributed by atoms with Gasteiger partial charge in [-0.15, -0.1) is 0 Å². The molecule has 0 spiro atoms. The first-order valence-electron chi connectivity index (χ1n) is 7.79. The topological polar surface area (TPSA) is 123 Å². The summed E-state index contributed by atoms with van der Waals surface area (Å²) in [5.74, 6) is 0.115. The van der Waals surface area contributed by atoms with Gasteiger partial charge in [-0.3, -0.25) is 15.4 Å². The van der Waals surface area contributed by atoms with E-state index in [1.165, 1.54) is 35.1 Å². The van der Waals surface area contributed by atoms with Gasteiger partial charge in [0, 0.05) is 12.1 Å². The molecule has 0 aliphatic heterocycles. The maximum absolute atomic E-state index is 12.1. The fourth-order valence-corrected chi connectivity index (χ4v) is 2.32. The number of anilines is 1. The van der Waals surface area contributed by atoms with Crippen molar-refractivity contribution in [2.75, 3.05) is 5.32 Å². The van der Waals surface area contributed by atoms with E-state index < -0.39 is 11.0 Å². The summed E-state index contributed by atoms with van der Waals surface area (Å²) in [6.07, 6.45) is 0.535. The first kappa shape index (κ1) is 17.6. The molecular weight excluding hydrogens is 350 g/mol. The van der Waals surface area contributed by atoms with Gasteiger partial charge in [0.05, 0.1) is 16.8 Å². The SMILES string of the molecule is N#Cc1cnn(-c2ccc([N+](=O)[O-])cc2)c1NC(=O)OCc1ccccc1. The van der Waals surface area contributed by atoms with E-state index in [1.807, 2.05) is 36.4 Å². The lowest BCUT2D eigenvalue weighted by Gasteiger charge is -2.10. The van der Waals surface area contributed by atoms with Crippen LogP contribution in [-0.2, 0) is 11.3 Å². The number of benzene rings is 2. The third-order valence-corrected chi connectivity index (χ3v) is 3.63. The van der Waals surface area contributed by atoms with Crippen molar-refractivity contribution < 1.29 is 14.5 Å². The molecule has 1 heterocycles. The number of carbonyl (C=O) groups is 1. The van der Waals surface area contributed by atoms with Crippen molar-refractivity contribution >= 4 is 17.6 Å². The highest BCUT2D eigenvalue weighted by Crippen LogP contribution is 2.22. The Hall–Kier alpha value is -4.19. The van der Waals surface area contributed by atoms with Crippen LogP contribution in [0.25, 0.3) is 5.69 Å². The normalized spacial score (nSPS) is 10.0. The second kappa shape index (κ2) is 7.79. The van der Waals surface area contributed by atoms with Crippen molar-refractivity contribution in [2.24, 2.45) is 0 Å². The predicted octanol–water partition coefficient (Wildman–Crippen LogP) is 3.40. The molecule has 1 N–H and O–H groups in total. The molecule has 1 amide bonds. The highest BCUT2D eigenvalue weighted by Gasteiger charge is 2.16. The summed E-state index contributed by atoms with van der Waals surface area (Å²) >= 11 is 0. The molecule has 9 heteroatoms. The van der Waals surface area contributed by atoms with Gasteiger partial charge in [-0.1, -0.05) is 30.3 Å². The van der Waals surface area contributed by atoms with Gasteiger partial charge in [0.25, 0.3) is 5.69 Å². The number of carbonyl (C=O) groups excluding carboxylic acids is 1. The number of nitro groups is 1. The lowest BCUT2D eigenvalue weighted by Crippen LogP contribution is -2.17. The van der Waals surface area contributed by atoms with Crippen LogP contribution in [0, 0.1) is 21.4 Å². The molecule has 0 radical (unpaired) electrons. The predicted molar refractivity (Wildman–Crippen MR) is 95.2 cm³/mol. The molecule has 0 aliphatic rings. The molecule has 2 aromatic carbocycles. The Labute approximate surface area is 153 Å². The third-order valence-electron chi connectivity index (χ3n) is 3.63. The van der Waals surface area contributed by atoms with E-state index in [4.69, 9.17) is 4.74 Å². The molecule has 0 saturated heterocycles. The van der Waals surface area contributed by atoms with Crippen LogP contribution in [0.4, 0.5) is 16.3 Å². The Morgan fingerprint density at radius 1 is 1.22 bits per heavy atom. The number of ether oxygens (including phenoxy) is 1. The van der Waals surface area contributed by atoms with Crippen LogP contribution in [-0.4, -0.2) is 20.8 Å². The summed E-state index contributed by atoms with van der Waals surface area (Å²) in [7, 11) is 0. The Morgan fingerprint density at radius 2 is 1.93 bits per heavy atom. The number of nitriles is 1. The van der Waals surface area contributed by atoms with Gasteiger partial charge in [0.15, 0.2) is 5.82 Å². The van der Waals surface area contributed by atoms with E-state index in [1.54, 1.807) is 0 Å². The first-order chi connectivity index (χ1) is 13.1. The number of amides is 1. The summed E-state index contributed by atoms with van der Waals surface area (Å²) in [4.78, 5) is 22.4. The van der Waals surface area contributed by atoms with Crippen LogP contribution in [0.15, 0.2) is 60.8 Å². The van der Waals surface area contributed by atoms with Gasteiger partial charge in [0.2, 0.25) is 0 Å². The first-order valence-corrected chi connectivity index (χ1v) is 7.79. The molecule has 9 nitrogen and oxygen atoms in total. The standard InChI is InChI=1S/C18H13N5O4/c19-10-14-11-20-22(15-6-8-16(9-7-15)23(25)26)17(14)21-18(24)27-12-13-4-2-1-3-5-13/h1-9,11H,12H2,(H,21,24). The highest BCUT2D eigenvalue weighted by molar-refractivity contribution is 5.85. The fourth-order valence-electron chi connectivity index (χ4n) is 2.32. The lowest BCUT2D eigenvalue weighted by atomic mass is 10.2. The van der Waals surface area contributed by atoms with Crippen molar-refractivity contribution in [1.82, 2.24) is 9.78 Å². The number of hydrogen-bond donors (Lipinski definition) is 1. The smallest absolute Gasteiger partial charge is 0.413 e. The molecule has 3 aromatic rings. The minimum atomic E-state index is -0.751. The van der Waals surface area contributed by atoms with Crippen molar-refractivity contribution in [3.05, 3.63) is 82.0 Å². The highest BCUT2D eigenvalue weighted by atomic mass is 16.6. The summed E-state index contributed by atoms with van der Waals surface area (Å²) in [6, 6.07) is 16.6. The maximum Gasteiger partial charge on any atom is 0.413 e. The van der Waals surface area contributed by atoms with Crippen molar-refractivity contribution in [1.29, 1.82) is 5.26 Å². The summed E-state index contributed by atoms with van der Waals surface area (Å²) in [6.45, 7) is 0.0697. The number of hydrogen-bond acceptors (Lipinski definition) is 6. The van der Waals surface area contributed by atoms with Gasteiger partial charge >= 0.3 is 6.09 Å². The average Bonchev–Trinajstić information content (AvgIpc) is 3.09. The Kier molecular flexibility index (Phi) is 5.09. The van der Waals surface area contributed by atoms with Crippen molar-refractivity contribution in [3.63, 3.8) is 0 Å². The molecule has 1 aromatic heterocycles. The van der Waals surface area contributed by atoms with Crippen LogP contribution < -0.4 is 5.32 Å². The summed E-state index contributed by atoms with van der Waals surface area (Å²) < 4.78 is 6.45. The van der Waals surface area contributed by atoms with E-state index in [0.717, 1.165) is 5.56 Å². The van der Waals surface area contributed by atoms with Gasteiger partial charge in [-0.05, 0) is 17.7 Å². The van der Waals surface area contributed by atoms with Crippen LogP contribution in [0.5, 0.6) is 0 Å². The van der Waals surface area contributed by atoms with Crippen LogP contribution in [0.1, 0.15) is 11.1 Å². The zero-order valence-corrected chi connectivity index (χ0v) is 13.9. The van der Waals surface area contributed by atoms with E-state index in [0.29, 0.717) is 5.69 Å². The molecule has 27 heavy (non-hydrogen) atoms. The molecule has 134 valence electrons. The number of nitro benzene ring substituents is 1. The van der Waals surface area contributed by atoms with Gasteiger partial charge < -0.3 is 4.74 Å². The molecule has 3 rings (SSSR count). The van der Waals surface area contributed by atoms with Crippen LogP contribution in [0.3, 0.4) is 0 Å². The minimum absolute atomic E-state index is 0.0697. The fraction of sp³-hybridized carbons (Fsp3) is 0.0556. The zero-order chi connectivity index (χ0) is 19.2. The van der Waals surface area contributed by atoms with Crippen LogP contribution >= 0.6 is 0 Å². The summed E-state index contributed by atoms with van der Waals surface area (Å²) in [5, 5.41) is 26.6. The van der Waals surface area contributed by atoms with Crippen molar-refractivity contribution in [3.8, 4) is 11.8 Å². The molecular formula is C18H13N5O4. The molecule has 0 atom stereocenters. The molecule has 0 saturated carbocycles. The maximum atomic E-state index is 12.1. The number of nitrogens with zero attached hydrogens (tertiary/aromatic N) is 4. The van der Waals surface area contributed by atoms with E-state index in [9.17, 15) is 20.2 Å². The number of rotatable bonds is 5. The Balaban J connectivity index is 1.78. The molecule has 0 aliphatic carbocycles. The largest absolute Gasteiger partial charge is 0.444 e. The number of nitrogens with one attached hydrogen (secondary N) is 1. The van der Waals surface area contributed by atoms with E-state index in [2.05, 4.69) is 10.4 Å². The van der Waals surface area contributed by atoms with Crippen molar-refractivity contribution in [2.45, 2.75) is 6.61 Å². The van der Waals surface area contributed by atoms with Gasteiger partial charge in [-0.2, -0.15) is 10.4 Å². The lowest BCUT2D eigenvalue weighted by molar-refractivity contribution is -0.384. The quantitative estimate of drug-likeness (QED) is 0.547. The van der Waals surface area contributed by atoms with E-state index in [-0.39, 0.29) is 23.7 Å². The average molecular weight is 363 g/mol. The molecule has 0 fully saturated rings. The minimum Gasteiger partial charge on any atom is -0.444 e. The second-order valence-electron chi connectivity index (χ2n) is 5.39. The second-order valence-corrected chi connectivity index (χ2v) is 5.39. The van der Waals surface area contributed by atoms with Gasteiger partial charge in [-0.25, -0.2) is 9.48 Å². The zero-order valence-electron chi connectivity index (χ0n) is 13.9. The monoisotopic (exact) mass is 363 g/mol. The summed E-state index contributed by atoms with van der Waals surface area (Å²) in [5.41, 5.74) is 1.31. The van der Waals surface area contributed by atoms with E-state index >= 15 is 0 Å². The third kappa shape index (κ3) is 4.08. The molecule has 0 unspecified atom stereocenters.